The summed E-state index contributed by atoms with van der Waals surface area (Å²) >= 11 is 0. The fourth-order valence-corrected chi connectivity index (χ4v) is 2.28. The van der Waals surface area contributed by atoms with Gasteiger partial charge in [0.15, 0.2) is 4.91 Å². The molecule has 0 amide bonds. The Bertz CT molecular complexity index is 633. The fourth-order valence-electron chi connectivity index (χ4n) is 1.07. The van der Waals surface area contributed by atoms with Gasteiger partial charge in [0.05, 0.1) is 11.3 Å². The Kier molecular flexibility index (Phi) is 3.13. The van der Waals surface area contributed by atoms with Gasteiger partial charge in [-0.1, -0.05) is 0 Å². The lowest BCUT2D eigenvalue weighted by molar-refractivity contribution is -0.00596. The first kappa shape index (κ1) is 12.7. The third-order valence-electron chi connectivity index (χ3n) is 1.78. The molecule has 88 valence electrons. The van der Waals surface area contributed by atoms with E-state index in [4.69, 9.17) is 14.6 Å². The summed E-state index contributed by atoms with van der Waals surface area (Å²) in [7, 11) is -9.10. The largest absolute Gasteiger partial charge is 0.361 e. The van der Waals surface area contributed by atoms with Crippen LogP contribution in [0.1, 0.15) is 6.42 Å². The first-order valence-corrected chi connectivity index (χ1v) is 6.61. The number of hydrogen-bond acceptors (Lipinski definition) is 4. The highest BCUT2D eigenvalue weighted by Crippen LogP contribution is 2.21. The van der Waals surface area contributed by atoms with Crippen molar-refractivity contribution in [2.45, 2.75) is 6.42 Å². The molecule has 0 heterocycles. The predicted molar refractivity (Wildman–Crippen MR) is 52.5 cm³/mol. The molecule has 16 heavy (non-hydrogen) atoms. The van der Waals surface area contributed by atoms with Crippen molar-refractivity contribution in [2.24, 2.45) is 0 Å². The van der Waals surface area contributed by atoms with Crippen LogP contribution in [0.3, 0.4) is 0 Å². The normalized spacial score (nSPS) is 17.5. The van der Waals surface area contributed by atoms with Crippen molar-refractivity contribution in [2.75, 3.05) is 0 Å². The molecule has 1 aliphatic rings. The molecule has 0 saturated heterocycles. The van der Waals surface area contributed by atoms with Crippen LogP contribution in [-0.4, -0.2) is 36.4 Å². The van der Waals surface area contributed by atoms with Crippen LogP contribution in [0, 0.1) is 0 Å². The molecule has 0 aromatic heterocycles. The van der Waals surface area contributed by atoms with Crippen LogP contribution in [0.5, 0.6) is 0 Å². The van der Waals surface area contributed by atoms with Crippen LogP contribution in [0.25, 0.3) is 5.53 Å². The molecule has 0 aromatic rings. The molecular weight excluding hydrogens is 260 g/mol. The number of hydrogen-bond donors (Lipinski definition) is 2. The Labute approximate surface area is 91.0 Å². The molecule has 0 atom stereocenters. The summed E-state index contributed by atoms with van der Waals surface area (Å²) in [6, 6.07) is 0. The highest BCUT2D eigenvalue weighted by Gasteiger charge is 2.33. The monoisotopic (exact) mass is 266 g/mol. The Morgan fingerprint density at radius 3 is 2.06 bits per heavy atom. The van der Waals surface area contributed by atoms with E-state index in [2.05, 4.69) is 4.79 Å². The average Bonchev–Trinajstić information content (AvgIpc) is 2.14. The highest BCUT2D eigenvalue weighted by molar-refractivity contribution is 7.91. The molecule has 0 aromatic carbocycles. The van der Waals surface area contributed by atoms with Gasteiger partial charge < -0.3 is 5.53 Å². The molecule has 0 spiro atoms. The van der Waals surface area contributed by atoms with E-state index in [0.717, 1.165) is 12.2 Å². The summed E-state index contributed by atoms with van der Waals surface area (Å²) in [5, 5.41) is 0. The highest BCUT2D eigenvalue weighted by atomic mass is 32.2. The zero-order valence-corrected chi connectivity index (χ0v) is 9.23. The zero-order chi connectivity index (χ0) is 12.6. The number of allylic oxidation sites excluding steroid dienone is 4. The van der Waals surface area contributed by atoms with Crippen molar-refractivity contribution in [3.8, 4) is 0 Å². The van der Waals surface area contributed by atoms with E-state index in [9.17, 15) is 16.8 Å². The summed E-state index contributed by atoms with van der Waals surface area (Å²) < 4.78 is 60.3. The lowest BCUT2D eigenvalue weighted by atomic mass is 10.1. The third kappa shape index (κ3) is 2.62. The van der Waals surface area contributed by atoms with Gasteiger partial charge in [-0.15, -0.1) is 0 Å². The van der Waals surface area contributed by atoms with E-state index in [-0.39, 0.29) is 0 Å². The topological polar surface area (TPSA) is 145 Å². The summed E-state index contributed by atoms with van der Waals surface area (Å²) in [5.41, 5.74) is 7.90. The second-order valence-electron chi connectivity index (χ2n) is 2.84. The minimum absolute atomic E-state index is 0.535. The molecule has 1 aliphatic carbocycles. The molecule has 0 unspecified atom stereocenters. The molecule has 0 aliphatic heterocycles. The van der Waals surface area contributed by atoms with Crippen LogP contribution < -0.4 is 0 Å². The van der Waals surface area contributed by atoms with Crippen molar-refractivity contribution in [1.82, 2.24) is 0 Å². The van der Waals surface area contributed by atoms with Crippen molar-refractivity contribution in [3.05, 3.63) is 27.5 Å². The van der Waals surface area contributed by atoms with Crippen molar-refractivity contribution in [3.63, 3.8) is 0 Å². The van der Waals surface area contributed by atoms with Gasteiger partial charge in [-0.3, -0.25) is 9.11 Å². The van der Waals surface area contributed by atoms with Gasteiger partial charge in [0.1, 0.15) is 0 Å². The van der Waals surface area contributed by atoms with E-state index < -0.39 is 42.2 Å². The second kappa shape index (κ2) is 3.92. The zero-order valence-electron chi connectivity index (χ0n) is 7.60. The quantitative estimate of drug-likeness (QED) is 0.395. The van der Waals surface area contributed by atoms with E-state index in [1.807, 2.05) is 0 Å². The van der Waals surface area contributed by atoms with Crippen LogP contribution in [0.2, 0.25) is 0 Å². The smallest absolute Gasteiger partial charge is 0.318 e. The Morgan fingerprint density at radius 1 is 1.12 bits per heavy atom. The molecule has 2 N–H and O–H groups in total. The summed E-state index contributed by atoms with van der Waals surface area (Å²) in [4.78, 5) is 1.30. The van der Waals surface area contributed by atoms with E-state index >= 15 is 0 Å². The molecular formula is C6H6N2O6S2. The lowest BCUT2D eigenvalue weighted by Gasteiger charge is -2.06. The Balaban J connectivity index is 3.42. The first-order chi connectivity index (χ1) is 7.16. The lowest BCUT2D eigenvalue weighted by Crippen LogP contribution is -2.19. The van der Waals surface area contributed by atoms with Crippen LogP contribution >= 0.6 is 0 Å². The van der Waals surface area contributed by atoms with Crippen LogP contribution in [-0.2, 0) is 20.2 Å². The maximum Gasteiger partial charge on any atom is 0.318 e. The summed E-state index contributed by atoms with van der Waals surface area (Å²) in [6.07, 6.45) is 0.894. The predicted octanol–water partition coefficient (Wildman–Crippen LogP) is -0.396. The maximum absolute atomic E-state index is 10.8. The van der Waals surface area contributed by atoms with Gasteiger partial charge in [0.2, 0.25) is 0 Å². The number of rotatable bonds is 2. The SMILES string of the molecule is [N-]=[N+]=C1CC(S(=O)(=O)O)=CC=C1S(=O)(=O)O. The standard InChI is InChI=1S/C6H6N2O6S2/c7-8-5-3-4(15(9,10)11)1-2-6(5)16(12,13)14/h1-2H,3H2,(H,9,10,11)(H,12,13,14). The first-order valence-electron chi connectivity index (χ1n) is 3.73. The molecule has 1 rings (SSSR count). The van der Waals surface area contributed by atoms with Crippen molar-refractivity contribution >= 4 is 25.9 Å². The summed E-state index contributed by atoms with van der Waals surface area (Å²) in [6.45, 7) is 0. The third-order valence-corrected chi connectivity index (χ3v) is 3.65. The Morgan fingerprint density at radius 2 is 1.69 bits per heavy atom. The van der Waals surface area contributed by atoms with Crippen molar-refractivity contribution < 1.29 is 30.7 Å². The van der Waals surface area contributed by atoms with Gasteiger partial charge in [-0.05, 0) is 12.2 Å². The Hall–Kier alpha value is -1.32. The molecule has 8 nitrogen and oxygen atoms in total. The van der Waals surface area contributed by atoms with Gasteiger partial charge in [-0.25, -0.2) is 0 Å². The minimum Gasteiger partial charge on any atom is -0.361 e. The molecule has 10 heteroatoms. The maximum atomic E-state index is 10.8. The van der Waals surface area contributed by atoms with Gasteiger partial charge in [0, 0.05) is 0 Å². The number of nitrogens with zero attached hydrogens (tertiary/aromatic N) is 2. The fraction of sp³-hybridized carbons (Fsp3) is 0.167. The molecule has 0 radical (unpaired) electrons. The molecule has 0 bridgehead atoms. The van der Waals surface area contributed by atoms with E-state index in [1.54, 1.807) is 0 Å². The van der Waals surface area contributed by atoms with Gasteiger partial charge in [0.25, 0.3) is 10.1 Å². The van der Waals surface area contributed by atoms with Gasteiger partial charge >= 0.3 is 15.8 Å². The van der Waals surface area contributed by atoms with E-state index in [1.165, 1.54) is 0 Å². The van der Waals surface area contributed by atoms with E-state index in [0.29, 0.717) is 0 Å². The molecule has 0 fully saturated rings. The average molecular weight is 266 g/mol. The summed E-state index contributed by atoms with van der Waals surface area (Å²) in [5.74, 6) is 0. The van der Waals surface area contributed by atoms with Crippen LogP contribution in [0.15, 0.2) is 22.0 Å². The van der Waals surface area contributed by atoms with Gasteiger partial charge in [-0.2, -0.15) is 21.6 Å². The second-order valence-corrected chi connectivity index (χ2v) is 5.70. The molecule has 0 saturated carbocycles. The minimum atomic E-state index is -4.61. The van der Waals surface area contributed by atoms with Crippen molar-refractivity contribution in [1.29, 1.82) is 0 Å². The van der Waals surface area contributed by atoms with Crippen LogP contribution in [0.4, 0.5) is 0 Å².